The molecule has 0 radical (unpaired) electrons. The van der Waals surface area contributed by atoms with E-state index in [1.807, 2.05) is 24.3 Å². The highest BCUT2D eigenvalue weighted by Crippen LogP contribution is 2.41. The Bertz CT molecular complexity index is 791. The second-order valence-electron chi connectivity index (χ2n) is 4.73. The van der Waals surface area contributed by atoms with Gasteiger partial charge in [-0.2, -0.15) is 0 Å². The Morgan fingerprint density at radius 3 is 2.43 bits per heavy atom. The molecule has 2 aromatic carbocycles. The van der Waals surface area contributed by atoms with Gasteiger partial charge in [-0.1, -0.05) is 36.0 Å². The van der Waals surface area contributed by atoms with E-state index in [1.165, 1.54) is 11.8 Å². The van der Waals surface area contributed by atoms with Gasteiger partial charge in [-0.15, -0.1) is 12.6 Å². The van der Waals surface area contributed by atoms with Crippen LogP contribution in [0.15, 0.2) is 68.8 Å². The molecule has 0 spiro atoms. The normalized spacial score (nSPS) is 15.8. The Morgan fingerprint density at radius 1 is 1.05 bits per heavy atom. The first-order valence-corrected chi connectivity index (χ1v) is 7.71. The SMILES string of the molecule is C/C(C(=O)c1ccccc1S)=C1/Sc2ccccc2C1=O. The number of thiol groups is 1. The molecule has 0 fully saturated rings. The highest BCUT2D eigenvalue weighted by Gasteiger charge is 2.29. The lowest BCUT2D eigenvalue weighted by Crippen LogP contribution is -2.07. The van der Waals surface area contributed by atoms with Crippen LogP contribution in [-0.2, 0) is 0 Å². The number of carbonyl (C=O) groups excluding carboxylic acids is 2. The second kappa shape index (κ2) is 5.54. The molecule has 1 heterocycles. The first kappa shape index (κ1) is 14.2. The number of allylic oxidation sites excluding steroid dienone is 2. The highest BCUT2D eigenvalue weighted by atomic mass is 32.2. The molecule has 2 nitrogen and oxygen atoms in total. The monoisotopic (exact) mass is 312 g/mol. The summed E-state index contributed by atoms with van der Waals surface area (Å²) < 4.78 is 0. The molecule has 21 heavy (non-hydrogen) atoms. The number of carbonyl (C=O) groups is 2. The minimum absolute atomic E-state index is 0.0712. The first-order chi connectivity index (χ1) is 10.1. The van der Waals surface area contributed by atoms with Crippen molar-refractivity contribution in [1.82, 2.24) is 0 Å². The third kappa shape index (κ3) is 2.45. The number of hydrogen-bond donors (Lipinski definition) is 1. The van der Waals surface area contributed by atoms with E-state index in [-0.39, 0.29) is 11.6 Å². The van der Waals surface area contributed by atoms with Crippen LogP contribution in [0, 0.1) is 0 Å². The Kier molecular flexibility index (Phi) is 3.74. The summed E-state index contributed by atoms with van der Waals surface area (Å²) in [5, 5.41) is 0. The van der Waals surface area contributed by atoms with Gasteiger partial charge in [0.15, 0.2) is 5.78 Å². The molecule has 1 aliphatic rings. The van der Waals surface area contributed by atoms with Crippen molar-refractivity contribution in [2.24, 2.45) is 0 Å². The van der Waals surface area contributed by atoms with Crippen LogP contribution >= 0.6 is 24.4 Å². The summed E-state index contributed by atoms with van der Waals surface area (Å²) in [4.78, 5) is 27.0. The molecule has 0 atom stereocenters. The summed E-state index contributed by atoms with van der Waals surface area (Å²) in [7, 11) is 0. The molecule has 0 unspecified atom stereocenters. The molecule has 0 saturated carbocycles. The summed E-state index contributed by atoms with van der Waals surface area (Å²) in [5.41, 5.74) is 1.67. The molecule has 4 heteroatoms. The van der Waals surface area contributed by atoms with Crippen LogP contribution < -0.4 is 0 Å². The number of benzene rings is 2. The van der Waals surface area contributed by atoms with Gasteiger partial charge in [-0.05, 0) is 31.2 Å². The predicted molar refractivity (Wildman–Crippen MR) is 87.4 cm³/mol. The van der Waals surface area contributed by atoms with Gasteiger partial charge in [-0.3, -0.25) is 9.59 Å². The van der Waals surface area contributed by atoms with Gasteiger partial charge in [0.05, 0.1) is 4.91 Å². The van der Waals surface area contributed by atoms with Gasteiger partial charge < -0.3 is 0 Å². The number of rotatable bonds is 2. The third-order valence-corrected chi connectivity index (χ3v) is 5.04. The van der Waals surface area contributed by atoms with E-state index in [4.69, 9.17) is 0 Å². The molecular formula is C17H12O2S2. The van der Waals surface area contributed by atoms with Gasteiger partial charge in [0.25, 0.3) is 0 Å². The Balaban J connectivity index is 2.03. The molecule has 0 N–H and O–H groups in total. The molecule has 0 aliphatic carbocycles. The zero-order chi connectivity index (χ0) is 15.0. The van der Waals surface area contributed by atoms with Crippen LogP contribution in [0.25, 0.3) is 0 Å². The summed E-state index contributed by atoms with van der Waals surface area (Å²) in [5.74, 6) is -0.220. The zero-order valence-corrected chi connectivity index (χ0v) is 13.0. The maximum atomic E-state index is 12.6. The van der Waals surface area contributed by atoms with Crippen molar-refractivity contribution in [1.29, 1.82) is 0 Å². The van der Waals surface area contributed by atoms with Crippen molar-refractivity contribution >= 4 is 36.0 Å². The second-order valence-corrected chi connectivity index (χ2v) is 6.26. The molecule has 104 valence electrons. The molecular weight excluding hydrogens is 300 g/mol. The summed E-state index contributed by atoms with van der Waals surface area (Å²) in [6.45, 7) is 1.70. The van der Waals surface area contributed by atoms with Crippen molar-refractivity contribution in [3.8, 4) is 0 Å². The van der Waals surface area contributed by atoms with E-state index in [9.17, 15) is 9.59 Å². The maximum Gasteiger partial charge on any atom is 0.201 e. The van der Waals surface area contributed by atoms with Crippen molar-refractivity contribution in [2.75, 3.05) is 0 Å². The lowest BCUT2D eigenvalue weighted by molar-refractivity contribution is 0.100. The highest BCUT2D eigenvalue weighted by molar-refractivity contribution is 8.04. The molecule has 1 aliphatic heterocycles. The van der Waals surface area contributed by atoms with Crippen LogP contribution in [0.5, 0.6) is 0 Å². The predicted octanol–water partition coefficient (Wildman–Crippen LogP) is 4.42. The fourth-order valence-electron chi connectivity index (χ4n) is 2.24. The zero-order valence-electron chi connectivity index (χ0n) is 11.3. The number of hydrogen-bond acceptors (Lipinski definition) is 4. The number of thioether (sulfide) groups is 1. The standard InChI is InChI=1S/C17H12O2S2/c1-10(15(18)11-6-2-4-8-13(11)20)17-16(19)12-7-3-5-9-14(12)21-17/h2-9,20H,1H3/b17-10-. The van der Waals surface area contributed by atoms with Gasteiger partial charge in [-0.25, -0.2) is 0 Å². The van der Waals surface area contributed by atoms with Crippen LogP contribution in [0.2, 0.25) is 0 Å². The molecule has 0 saturated heterocycles. The van der Waals surface area contributed by atoms with Crippen LogP contribution in [0.1, 0.15) is 27.6 Å². The number of Topliss-reactive ketones (excluding diaryl/α,β-unsaturated/α-hetero) is 2. The lowest BCUT2D eigenvalue weighted by atomic mass is 10.0. The Labute approximate surface area is 132 Å². The summed E-state index contributed by atoms with van der Waals surface area (Å²) in [6, 6.07) is 14.5. The average Bonchev–Trinajstić information content (AvgIpc) is 2.84. The summed E-state index contributed by atoms with van der Waals surface area (Å²) in [6.07, 6.45) is 0. The summed E-state index contributed by atoms with van der Waals surface area (Å²) >= 11 is 5.68. The molecule has 2 aromatic rings. The molecule has 0 amide bonds. The van der Waals surface area contributed by atoms with Crippen LogP contribution in [0.3, 0.4) is 0 Å². The smallest absolute Gasteiger partial charge is 0.201 e. The number of ketones is 2. The van der Waals surface area contributed by atoms with Gasteiger partial charge in [0, 0.05) is 26.5 Å². The van der Waals surface area contributed by atoms with E-state index in [1.54, 1.807) is 31.2 Å². The molecule has 0 bridgehead atoms. The van der Waals surface area contributed by atoms with E-state index in [0.29, 0.717) is 26.5 Å². The largest absolute Gasteiger partial charge is 0.289 e. The van der Waals surface area contributed by atoms with Crippen molar-refractivity contribution in [2.45, 2.75) is 16.7 Å². The fourth-order valence-corrected chi connectivity index (χ4v) is 3.59. The molecule has 0 aromatic heterocycles. The van der Waals surface area contributed by atoms with Crippen LogP contribution in [-0.4, -0.2) is 11.6 Å². The Morgan fingerprint density at radius 2 is 1.71 bits per heavy atom. The minimum Gasteiger partial charge on any atom is -0.289 e. The van der Waals surface area contributed by atoms with E-state index in [2.05, 4.69) is 12.6 Å². The maximum absolute atomic E-state index is 12.6. The van der Waals surface area contributed by atoms with E-state index < -0.39 is 0 Å². The van der Waals surface area contributed by atoms with Crippen molar-refractivity contribution in [3.63, 3.8) is 0 Å². The number of fused-ring (bicyclic) bond motifs is 1. The minimum atomic E-state index is -0.149. The fraction of sp³-hybridized carbons (Fsp3) is 0.0588. The third-order valence-electron chi connectivity index (χ3n) is 3.38. The van der Waals surface area contributed by atoms with Gasteiger partial charge >= 0.3 is 0 Å². The molecule has 3 rings (SSSR count). The first-order valence-electron chi connectivity index (χ1n) is 6.44. The van der Waals surface area contributed by atoms with Crippen molar-refractivity contribution < 1.29 is 9.59 Å². The van der Waals surface area contributed by atoms with E-state index >= 15 is 0 Å². The average molecular weight is 312 g/mol. The Hall–Kier alpha value is -1.78. The van der Waals surface area contributed by atoms with Gasteiger partial charge in [0.2, 0.25) is 5.78 Å². The quantitative estimate of drug-likeness (QED) is 0.506. The lowest BCUT2D eigenvalue weighted by Gasteiger charge is -2.06. The van der Waals surface area contributed by atoms with Crippen molar-refractivity contribution in [3.05, 3.63) is 70.1 Å². The van der Waals surface area contributed by atoms with Crippen LogP contribution in [0.4, 0.5) is 0 Å². The van der Waals surface area contributed by atoms with Gasteiger partial charge in [0.1, 0.15) is 0 Å². The van der Waals surface area contributed by atoms with E-state index in [0.717, 1.165) is 4.90 Å². The topological polar surface area (TPSA) is 34.1 Å².